The zero-order valence-electron chi connectivity index (χ0n) is 13.4. The molecule has 1 aliphatic rings. The molecule has 116 valence electrons. The van der Waals surface area contributed by atoms with Crippen molar-refractivity contribution in [2.45, 2.75) is 45.7 Å². The lowest BCUT2D eigenvalue weighted by atomic mass is 9.95. The molecule has 0 spiro atoms. The Hall–Kier alpha value is -1.55. The highest BCUT2D eigenvalue weighted by Crippen LogP contribution is 2.34. The first-order chi connectivity index (χ1) is 10.2. The van der Waals surface area contributed by atoms with Gasteiger partial charge in [0.05, 0.1) is 0 Å². The summed E-state index contributed by atoms with van der Waals surface area (Å²) in [7, 11) is 0. The second-order valence-electron chi connectivity index (χ2n) is 5.62. The van der Waals surface area contributed by atoms with Crippen LogP contribution in [0.5, 0.6) is 0 Å². The number of fused-ring (bicyclic) bond motifs is 1. The maximum atomic E-state index is 12.1. The van der Waals surface area contributed by atoms with E-state index in [4.69, 9.17) is 0 Å². The fourth-order valence-electron chi connectivity index (χ4n) is 2.98. The molecule has 0 saturated carbocycles. The van der Waals surface area contributed by atoms with Crippen LogP contribution in [-0.2, 0) is 4.79 Å². The molecule has 2 atom stereocenters. The maximum Gasteiger partial charge on any atom is 0.242 e. The minimum atomic E-state index is -0.127. The van der Waals surface area contributed by atoms with Gasteiger partial charge in [-0.2, -0.15) is 0 Å². The Kier molecular flexibility index (Phi) is 5.62. The molecule has 1 aliphatic heterocycles. The van der Waals surface area contributed by atoms with Gasteiger partial charge in [0, 0.05) is 24.8 Å². The number of para-hydroxylation sites is 1. The fourth-order valence-corrected chi connectivity index (χ4v) is 2.98. The molecule has 2 rings (SSSR count). The van der Waals surface area contributed by atoms with Gasteiger partial charge in [0.2, 0.25) is 5.91 Å². The van der Waals surface area contributed by atoms with Crippen LogP contribution in [0, 0.1) is 0 Å². The zero-order valence-corrected chi connectivity index (χ0v) is 13.4. The molecule has 1 amide bonds. The van der Waals surface area contributed by atoms with Crippen LogP contribution < -0.4 is 15.5 Å². The van der Waals surface area contributed by atoms with Gasteiger partial charge in [0.25, 0.3) is 0 Å². The van der Waals surface area contributed by atoms with E-state index in [9.17, 15) is 4.79 Å². The zero-order chi connectivity index (χ0) is 15.2. The lowest BCUT2D eigenvalue weighted by Gasteiger charge is -2.39. The van der Waals surface area contributed by atoms with Crippen molar-refractivity contribution in [1.82, 2.24) is 10.6 Å². The number of nitrogens with one attached hydrogen (secondary N) is 2. The molecule has 0 aliphatic carbocycles. The van der Waals surface area contributed by atoms with Gasteiger partial charge in [0.15, 0.2) is 0 Å². The SMILES string of the molecule is CCCNC1CCN(C(C)C(=O)NCC)c2ccccc21. The molecule has 0 bridgehead atoms. The van der Waals surface area contributed by atoms with Gasteiger partial charge in [-0.3, -0.25) is 4.79 Å². The quantitative estimate of drug-likeness (QED) is 0.845. The first kappa shape index (κ1) is 15.8. The minimum Gasteiger partial charge on any atom is -0.359 e. The number of anilines is 1. The average Bonchev–Trinajstić information content (AvgIpc) is 2.52. The number of likely N-dealkylation sites (N-methyl/N-ethyl adjacent to an activating group) is 1. The summed E-state index contributed by atoms with van der Waals surface area (Å²) in [6, 6.07) is 8.72. The number of benzene rings is 1. The molecular formula is C17H27N3O. The minimum absolute atomic E-state index is 0.104. The van der Waals surface area contributed by atoms with Crippen molar-refractivity contribution in [2.75, 3.05) is 24.5 Å². The van der Waals surface area contributed by atoms with Crippen LogP contribution in [0.25, 0.3) is 0 Å². The fraction of sp³-hybridized carbons (Fsp3) is 0.588. The van der Waals surface area contributed by atoms with Gasteiger partial charge < -0.3 is 15.5 Å². The summed E-state index contributed by atoms with van der Waals surface area (Å²) in [4.78, 5) is 14.4. The Labute approximate surface area is 127 Å². The summed E-state index contributed by atoms with van der Waals surface area (Å²) in [6.07, 6.45) is 2.18. The smallest absolute Gasteiger partial charge is 0.242 e. The number of amides is 1. The third kappa shape index (κ3) is 3.56. The van der Waals surface area contributed by atoms with Crippen LogP contribution >= 0.6 is 0 Å². The Morgan fingerprint density at radius 2 is 2.14 bits per heavy atom. The lowest BCUT2D eigenvalue weighted by molar-refractivity contribution is -0.122. The highest BCUT2D eigenvalue weighted by Gasteiger charge is 2.29. The van der Waals surface area contributed by atoms with Crippen molar-refractivity contribution in [1.29, 1.82) is 0 Å². The first-order valence-corrected chi connectivity index (χ1v) is 8.05. The normalized spacial score (nSPS) is 19.0. The van der Waals surface area contributed by atoms with Crippen LogP contribution in [0.1, 0.15) is 45.2 Å². The van der Waals surface area contributed by atoms with Crippen LogP contribution in [-0.4, -0.2) is 31.6 Å². The van der Waals surface area contributed by atoms with E-state index < -0.39 is 0 Å². The van der Waals surface area contributed by atoms with E-state index in [0.717, 1.165) is 25.9 Å². The van der Waals surface area contributed by atoms with Crippen LogP contribution in [0.4, 0.5) is 5.69 Å². The summed E-state index contributed by atoms with van der Waals surface area (Å²) in [6.45, 7) is 8.76. The summed E-state index contributed by atoms with van der Waals surface area (Å²) < 4.78 is 0. The van der Waals surface area contributed by atoms with Crippen molar-refractivity contribution >= 4 is 11.6 Å². The summed E-state index contributed by atoms with van der Waals surface area (Å²) >= 11 is 0. The van der Waals surface area contributed by atoms with Crippen molar-refractivity contribution in [3.63, 3.8) is 0 Å². The van der Waals surface area contributed by atoms with Gasteiger partial charge in [-0.05, 0) is 44.9 Å². The number of carbonyl (C=O) groups excluding carboxylic acids is 1. The molecular weight excluding hydrogens is 262 g/mol. The van der Waals surface area contributed by atoms with Crippen molar-refractivity contribution in [2.24, 2.45) is 0 Å². The molecule has 1 aromatic carbocycles. The summed E-state index contributed by atoms with van der Waals surface area (Å²) in [5.74, 6) is 0.104. The molecule has 0 fully saturated rings. The Bertz CT molecular complexity index is 475. The number of rotatable bonds is 6. The Balaban J connectivity index is 2.20. The number of hydrogen-bond acceptors (Lipinski definition) is 3. The van der Waals surface area contributed by atoms with Crippen LogP contribution in [0.3, 0.4) is 0 Å². The van der Waals surface area contributed by atoms with Crippen molar-refractivity contribution < 1.29 is 4.79 Å². The van der Waals surface area contributed by atoms with E-state index >= 15 is 0 Å². The van der Waals surface area contributed by atoms with Gasteiger partial charge in [-0.25, -0.2) is 0 Å². The molecule has 0 saturated heterocycles. The monoisotopic (exact) mass is 289 g/mol. The molecule has 4 heteroatoms. The van der Waals surface area contributed by atoms with Gasteiger partial charge in [-0.1, -0.05) is 25.1 Å². The predicted octanol–water partition coefficient (Wildman–Crippen LogP) is 2.46. The van der Waals surface area contributed by atoms with Gasteiger partial charge in [-0.15, -0.1) is 0 Å². The molecule has 4 nitrogen and oxygen atoms in total. The largest absolute Gasteiger partial charge is 0.359 e. The molecule has 1 heterocycles. The number of carbonyl (C=O) groups is 1. The molecule has 2 unspecified atom stereocenters. The van der Waals surface area contributed by atoms with E-state index in [0.29, 0.717) is 12.6 Å². The third-order valence-corrected chi connectivity index (χ3v) is 4.12. The van der Waals surface area contributed by atoms with Gasteiger partial charge >= 0.3 is 0 Å². The maximum absolute atomic E-state index is 12.1. The van der Waals surface area contributed by atoms with E-state index in [1.54, 1.807) is 0 Å². The first-order valence-electron chi connectivity index (χ1n) is 8.05. The van der Waals surface area contributed by atoms with Crippen LogP contribution in [0.2, 0.25) is 0 Å². The van der Waals surface area contributed by atoms with E-state index in [1.807, 2.05) is 13.8 Å². The van der Waals surface area contributed by atoms with Crippen LogP contribution in [0.15, 0.2) is 24.3 Å². The highest BCUT2D eigenvalue weighted by atomic mass is 16.2. The second-order valence-corrected chi connectivity index (χ2v) is 5.62. The van der Waals surface area contributed by atoms with Gasteiger partial charge in [0.1, 0.15) is 6.04 Å². The van der Waals surface area contributed by atoms with Crippen molar-refractivity contribution in [3.8, 4) is 0 Å². The lowest BCUT2D eigenvalue weighted by Crippen LogP contribution is -2.48. The third-order valence-electron chi connectivity index (χ3n) is 4.12. The topological polar surface area (TPSA) is 44.4 Å². The molecule has 0 radical (unpaired) electrons. The van der Waals surface area contributed by atoms with E-state index in [1.165, 1.54) is 11.3 Å². The standard InChI is InChI=1S/C17H27N3O/c1-4-11-19-15-10-12-20(13(3)17(21)18-5-2)16-9-7-6-8-14(15)16/h6-9,13,15,19H,4-5,10-12H2,1-3H3,(H,18,21). The number of hydrogen-bond donors (Lipinski definition) is 2. The number of nitrogens with zero attached hydrogens (tertiary/aromatic N) is 1. The molecule has 0 aromatic heterocycles. The summed E-state index contributed by atoms with van der Waals surface area (Å²) in [5, 5.41) is 6.54. The van der Waals surface area contributed by atoms with Crippen molar-refractivity contribution in [3.05, 3.63) is 29.8 Å². The molecule has 21 heavy (non-hydrogen) atoms. The summed E-state index contributed by atoms with van der Waals surface area (Å²) in [5.41, 5.74) is 2.50. The Morgan fingerprint density at radius 1 is 1.38 bits per heavy atom. The predicted molar refractivity (Wildman–Crippen MR) is 87.6 cm³/mol. The van der Waals surface area contributed by atoms with E-state index in [-0.39, 0.29) is 11.9 Å². The highest BCUT2D eigenvalue weighted by molar-refractivity contribution is 5.85. The molecule has 2 N–H and O–H groups in total. The molecule has 1 aromatic rings. The average molecular weight is 289 g/mol. The van der Waals surface area contributed by atoms with E-state index in [2.05, 4.69) is 46.7 Å². The second kappa shape index (κ2) is 7.46. The Morgan fingerprint density at radius 3 is 2.86 bits per heavy atom.